The van der Waals surface area contributed by atoms with Crippen molar-refractivity contribution in [3.63, 3.8) is 0 Å². The Morgan fingerprint density at radius 3 is 2.24 bits per heavy atom. The number of rotatable bonds is 5. The molecule has 10 heteroatoms. The smallest absolute Gasteiger partial charge is 0.368 e. The number of alkyl halides is 3. The van der Waals surface area contributed by atoms with Crippen molar-refractivity contribution < 1.29 is 26.4 Å². The number of hydrogen-bond donors (Lipinski definition) is 1. The van der Waals surface area contributed by atoms with Gasteiger partial charge in [-0.15, -0.1) is 0 Å². The first-order chi connectivity index (χ1) is 11.5. The molecule has 25 heavy (non-hydrogen) atoms. The minimum absolute atomic E-state index is 0.218. The minimum atomic E-state index is -4.71. The predicted octanol–water partition coefficient (Wildman–Crippen LogP) is 3.04. The van der Waals surface area contributed by atoms with Crippen molar-refractivity contribution in [3.8, 4) is 0 Å². The van der Waals surface area contributed by atoms with E-state index < -0.39 is 39.9 Å². The fraction of sp³-hybridized carbons (Fsp3) is 0.133. The van der Waals surface area contributed by atoms with Crippen molar-refractivity contribution >= 4 is 33.2 Å². The molecule has 134 valence electrons. The monoisotopic (exact) mass is 392 g/mol. The van der Waals surface area contributed by atoms with Gasteiger partial charge in [0.1, 0.15) is 6.54 Å². The van der Waals surface area contributed by atoms with Crippen molar-refractivity contribution in [1.29, 1.82) is 0 Å². The maximum absolute atomic E-state index is 12.9. The Balaban J connectivity index is 2.65. The summed E-state index contributed by atoms with van der Waals surface area (Å²) in [5.74, 6) is -1.05. The molecule has 0 atom stereocenters. The number of carbonyl (C=O) groups excluding carboxylic acids is 1. The number of hydrogen-bond acceptors (Lipinski definition) is 3. The fourth-order valence-corrected chi connectivity index (χ4v) is 3.77. The Labute approximate surface area is 146 Å². The van der Waals surface area contributed by atoms with E-state index in [-0.39, 0.29) is 9.92 Å². The highest BCUT2D eigenvalue weighted by Gasteiger charge is 2.34. The van der Waals surface area contributed by atoms with Crippen molar-refractivity contribution in [1.82, 2.24) is 0 Å². The number of amides is 1. The summed E-state index contributed by atoms with van der Waals surface area (Å²) < 4.78 is 64.8. The number of nitrogens with two attached hydrogens (primary N) is 1. The minimum Gasteiger partial charge on any atom is -0.368 e. The van der Waals surface area contributed by atoms with Gasteiger partial charge in [-0.1, -0.05) is 29.8 Å². The SMILES string of the molecule is NC(=O)CN(c1cc(C(F)(F)F)ccc1Cl)S(=O)(=O)c1ccccc1. The van der Waals surface area contributed by atoms with Crippen LogP contribution >= 0.6 is 11.6 Å². The molecule has 2 rings (SSSR count). The largest absolute Gasteiger partial charge is 0.416 e. The summed E-state index contributed by atoms with van der Waals surface area (Å²) >= 11 is 5.89. The van der Waals surface area contributed by atoms with Crippen LogP contribution < -0.4 is 10.0 Å². The van der Waals surface area contributed by atoms with Crippen LogP contribution in [-0.4, -0.2) is 20.9 Å². The van der Waals surface area contributed by atoms with E-state index >= 15 is 0 Å². The highest BCUT2D eigenvalue weighted by molar-refractivity contribution is 7.92. The van der Waals surface area contributed by atoms with Crippen molar-refractivity contribution in [3.05, 3.63) is 59.1 Å². The maximum atomic E-state index is 12.9. The predicted molar refractivity (Wildman–Crippen MR) is 86.6 cm³/mol. The molecule has 2 aromatic carbocycles. The molecule has 0 aliphatic heterocycles. The lowest BCUT2D eigenvalue weighted by Gasteiger charge is -2.25. The van der Waals surface area contributed by atoms with Gasteiger partial charge in [0.15, 0.2) is 0 Å². The summed E-state index contributed by atoms with van der Waals surface area (Å²) in [6.07, 6.45) is -4.71. The second kappa shape index (κ2) is 6.93. The molecule has 0 radical (unpaired) electrons. The van der Waals surface area contributed by atoms with Gasteiger partial charge in [-0.2, -0.15) is 13.2 Å². The van der Waals surface area contributed by atoms with E-state index in [9.17, 15) is 26.4 Å². The van der Waals surface area contributed by atoms with Crippen LogP contribution in [0.15, 0.2) is 53.4 Å². The summed E-state index contributed by atoms with van der Waals surface area (Å²) in [7, 11) is -4.35. The molecule has 0 fully saturated rings. The van der Waals surface area contributed by atoms with Crippen molar-refractivity contribution in [2.75, 3.05) is 10.8 Å². The van der Waals surface area contributed by atoms with Crippen LogP contribution in [0.25, 0.3) is 0 Å². The maximum Gasteiger partial charge on any atom is 0.416 e. The second-order valence-electron chi connectivity index (χ2n) is 4.95. The molecule has 2 N–H and O–H groups in total. The first-order valence-corrected chi connectivity index (χ1v) is 8.58. The summed E-state index contributed by atoms with van der Waals surface area (Å²) in [6, 6.07) is 9.10. The zero-order chi connectivity index (χ0) is 18.8. The van der Waals surface area contributed by atoms with Crippen molar-refractivity contribution in [2.45, 2.75) is 11.1 Å². The lowest BCUT2D eigenvalue weighted by molar-refractivity contribution is -0.137. The molecule has 5 nitrogen and oxygen atoms in total. The van der Waals surface area contributed by atoms with Crippen LogP contribution in [0.2, 0.25) is 5.02 Å². The number of carbonyl (C=O) groups is 1. The molecule has 0 aliphatic carbocycles. The molecule has 2 aromatic rings. The van der Waals surface area contributed by atoms with Gasteiger partial charge in [0.25, 0.3) is 10.0 Å². The highest BCUT2D eigenvalue weighted by Crippen LogP contribution is 2.37. The zero-order valence-electron chi connectivity index (χ0n) is 12.5. The number of halogens is 4. The number of nitrogens with zero attached hydrogens (tertiary/aromatic N) is 1. The molecule has 0 saturated heterocycles. The van der Waals surface area contributed by atoms with Gasteiger partial charge < -0.3 is 5.73 Å². The molecular formula is C15H12ClF3N2O3S. The Morgan fingerprint density at radius 1 is 1.12 bits per heavy atom. The fourth-order valence-electron chi connectivity index (χ4n) is 2.04. The Kier molecular flexibility index (Phi) is 5.28. The summed E-state index contributed by atoms with van der Waals surface area (Å²) in [5.41, 5.74) is 3.48. The summed E-state index contributed by atoms with van der Waals surface area (Å²) in [4.78, 5) is 11.1. The molecule has 0 spiro atoms. The van der Waals surface area contributed by atoms with Gasteiger partial charge >= 0.3 is 6.18 Å². The molecule has 0 unspecified atom stereocenters. The van der Waals surface area contributed by atoms with E-state index in [0.29, 0.717) is 16.4 Å². The molecule has 0 heterocycles. The van der Waals surface area contributed by atoms with Gasteiger partial charge in [-0.05, 0) is 30.3 Å². The lowest BCUT2D eigenvalue weighted by atomic mass is 10.2. The average molecular weight is 393 g/mol. The quantitative estimate of drug-likeness (QED) is 0.849. The van der Waals surface area contributed by atoms with Crippen LogP contribution in [0.5, 0.6) is 0 Å². The van der Waals surface area contributed by atoms with Crippen molar-refractivity contribution in [2.24, 2.45) is 5.73 Å². The topological polar surface area (TPSA) is 80.5 Å². The summed E-state index contributed by atoms with van der Waals surface area (Å²) in [5, 5.41) is -0.270. The standard InChI is InChI=1S/C15H12ClF3N2O3S/c16-12-7-6-10(15(17,18)19)8-13(12)21(9-14(20)22)25(23,24)11-4-2-1-3-5-11/h1-8H,9H2,(H2,20,22). The summed E-state index contributed by atoms with van der Waals surface area (Å²) in [6.45, 7) is -0.863. The third-order valence-corrected chi connectivity index (χ3v) is 5.27. The van der Waals surface area contributed by atoms with E-state index in [2.05, 4.69) is 0 Å². The molecular weight excluding hydrogens is 381 g/mol. The second-order valence-corrected chi connectivity index (χ2v) is 7.22. The number of benzene rings is 2. The van der Waals surface area contributed by atoms with Crippen LogP contribution in [-0.2, 0) is 21.0 Å². The van der Waals surface area contributed by atoms with Gasteiger partial charge in [0.2, 0.25) is 5.91 Å². The Morgan fingerprint density at radius 2 is 1.72 bits per heavy atom. The lowest BCUT2D eigenvalue weighted by Crippen LogP contribution is -2.38. The van der Waals surface area contributed by atoms with Crippen LogP contribution in [0.1, 0.15) is 5.56 Å². The average Bonchev–Trinajstić information content (AvgIpc) is 2.53. The zero-order valence-corrected chi connectivity index (χ0v) is 14.1. The number of sulfonamides is 1. The van der Waals surface area contributed by atoms with Gasteiger partial charge in [-0.25, -0.2) is 8.42 Å². The first kappa shape index (κ1) is 19.1. The molecule has 0 aliphatic rings. The van der Waals surface area contributed by atoms with E-state index in [1.807, 2.05) is 0 Å². The molecule has 0 saturated carbocycles. The normalized spacial score (nSPS) is 12.0. The van der Waals surface area contributed by atoms with E-state index in [1.165, 1.54) is 24.3 Å². The number of primary amides is 1. The third-order valence-electron chi connectivity index (χ3n) is 3.17. The van der Waals surface area contributed by atoms with Crippen LogP contribution in [0, 0.1) is 0 Å². The van der Waals surface area contributed by atoms with Crippen LogP contribution in [0.3, 0.4) is 0 Å². The van der Waals surface area contributed by atoms with Gasteiger partial charge in [0, 0.05) is 0 Å². The van der Waals surface area contributed by atoms with Gasteiger partial charge in [-0.3, -0.25) is 9.10 Å². The highest BCUT2D eigenvalue weighted by atomic mass is 35.5. The third kappa shape index (κ3) is 4.23. The van der Waals surface area contributed by atoms with E-state index in [1.54, 1.807) is 6.07 Å². The van der Waals surface area contributed by atoms with Gasteiger partial charge in [0.05, 0.1) is 21.2 Å². The molecule has 1 amide bonds. The van der Waals surface area contributed by atoms with E-state index in [0.717, 1.165) is 6.07 Å². The van der Waals surface area contributed by atoms with E-state index in [4.69, 9.17) is 17.3 Å². The first-order valence-electron chi connectivity index (χ1n) is 6.76. The molecule has 0 aromatic heterocycles. The van der Waals surface area contributed by atoms with Crippen LogP contribution in [0.4, 0.5) is 18.9 Å². The Hall–Kier alpha value is -2.26. The number of anilines is 1. The molecule has 0 bridgehead atoms. The Bertz CT molecular complexity index is 887.